The summed E-state index contributed by atoms with van der Waals surface area (Å²) in [5, 5.41) is 6.29. The van der Waals surface area contributed by atoms with E-state index in [4.69, 9.17) is 19.6 Å². The minimum Gasteiger partial charge on any atom is -0.366 e. The number of aromatic nitrogens is 2. The molecule has 0 atom stereocenters. The normalized spacial score (nSPS) is 13.7. The number of aliphatic hydroxyl groups is 1. The molecular formula is C9H18N2O7P2. The molecule has 0 saturated heterocycles. The number of hydrogen-bond acceptors (Lipinski definition) is 4. The second kappa shape index (κ2) is 6.07. The zero-order valence-electron chi connectivity index (χ0n) is 10.8. The summed E-state index contributed by atoms with van der Waals surface area (Å²) in [4.78, 5) is 40.0. The Hall–Kier alpha value is -0.530. The van der Waals surface area contributed by atoms with E-state index in [0.717, 1.165) is 17.4 Å². The molecule has 5 N–H and O–H groups in total. The molecule has 9 nitrogen and oxygen atoms in total. The van der Waals surface area contributed by atoms with Crippen molar-refractivity contribution in [2.24, 2.45) is 0 Å². The van der Waals surface area contributed by atoms with E-state index in [1.807, 2.05) is 6.92 Å². The fraction of sp³-hybridized carbons (Fsp3) is 0.667. The molecule has 0 saturated carbocycles. The third-order valence-electron chi connectivity index (χ3n) is 2.80. The first-order valence-corrected chi connectivity index (χ1v) is 9.08. The van der Waals surface area contributed by atoms with E-state index in [-0.39, 0.29) is 0 Å². The largest absolute Gasteiger partial charge is 0.371 e. The van der Waals surface area contributed by atoms with Gasteiger partial charge in [-0.1, -0.05) is 13.3 Å². The zero-order valence-corrected chi connectivity index (χ0v) is 12.6. The van der Waals surface area contributed by atoms with E-state index in [0.29, 0.717) is 12.1 Å². The number of imidazole rings is 1. The summed E-state index contributed by atoms with van der Waals surface area (Å²) in [6.45, 7) is 1.04. The number of aryl methyl sites for hydroxylation is 1. The number of rotatable bonds is 7. The summed E-state index contributed by atoms with van der Waals surface area (Å²) in [5.74, 6) is 0. The monoisotopic (exact) mass is 328 g/mol. The summed E-state index contributed by atoms with van der Waals surface area (Å²) in [6.07, 6.45) is 4.99. The zero-order chi connectivity index (χ0) is 15.6. The van der Waals surface area contributed by atoms with Crippen LogP contribution in [0, 0.1) is 0 Å². The van der Waals surface area contributed by atoms with Crippen LogP contribution in [0.2, 0.25) is 0 Å². The van der Waals surface area contributed by atoms with Crippen molar-refractivity contribution in [2.45, 2.75) is 37.8 Å². The van der Waals surface area contributed by atoms with Gasteiger partial charge in [0.25, 0.3) is 5.08 Å². The molecule has 0 fully saturated rings. The number of unbranched alkanes of at least 4 members (excludes halogenated alkanes) is 1. The van der Waals surface area contributed by atoms with E-state index in [1.165, 1.54) is 12.5 Å². The van der Waals surface area contributed by atoms with Crippen molar-refractivity contribution in [1.82, 2.24) is 9.55 Å². The lowest BCUT2D eigenvalue weighted by atomic mass is 10.2. The van der Waals surface area contributed by atoms with Crippen LogP contribution in [0.3, 0.4) is 0 Å². The van der Waals surface area contributed by atoms with Gasteiger partial charge in [-0.25, -0.2) is 4.98 Å². The van der Waals surface area contributed by atoms with Gasteiger partial charge in [-0.05, 0) is 12.8 Å². The molecule has 1 aromatic heterocycles. The van der Waals surface area contributed by atoms with Crippen LogP contribution in [0.5, 0.6) is 0 Å². The van der Waals surface area contributed by atoms with E-state index in [2.05, 4.69) is 4.98 Å². The van der Waals surface area contributed by atoms with Gasteiger partial charge < -0.3 is 29.2 Å². The maximum absolute atomic E-state index is 11.2. The molecule has 0 radical (unpaired) electrons. The third kappa shape index (κ3) is 3.77. The highest BCUT2D eigenvalue weighted by Crippen LogP contribution is 2.67. The molecule has 1 rings (SSSR count). The number of nitrogens with zero attached hydrogens (tertiary/aromatic N) is 2. The minimum absolute atomic E-state index is 0.616. The molecule has 0 aliphatic heterocycles. The highest BCUT2D eigenvalue weighted by molar-refractivity contribution is 7.72. The van der Waals surface area contributed by atoms with E-state index in [1.54, 1.807) is 0 Å². The summed E-state index contributed by atoms with van der Waals surface area (Å²) >= 11 is 0. The molecule has 1 aromatic rings. The maximum Gasteiger partial charge on any atom is 0.371 e. The van der Waals surface area contributed by atoms with Gasteiger partial charge in [0.15, 0.2) is 0 Å². The summed E-state index contributed by atoms with van der Waals surface area (Å²) in [5.41, 5.74) is 0.616. The molecule has 0 bridgehead atoms. The summed E-state index contributed by atoms with van der Waals surface area (Å²) in [6, 6.07) is 0. The van der Waals surface area contributed by atoms with Gasteiger partial charge in [-0.2, -0.15) is 0 Å². The lowest BCUT2D eigenvalue weighted by molar-refractivity contribution is 0.115. The van der Waals surface area contributed by atoms with Gasteiger partial charge in [-0.15, -0.1) is 0 Å². The Balaban J connectivity index is 3.01. The molecule has 0 aliphatic rings. The highest BCUT2D eigenvalue weighted by atomic mass is 31.2. The second-order valence-corrected chi connectivity index (χ2v) is 8.51. The first-order chi connectivity index (χ1) is 9.01. The molecule has 20 heavy (non-hydrogen) atoms. The van der Waals surface area contributed by atoms with Gasteiger partial charge in [-0.3, -0.25) is 9.13 Å². The third-order valence-corrected chi connectivity index (χ3v) is 6.51. The van der Waals surface area contributed by atoms with Gasteiger partial charge >= 0.3 is 15.2 Å². The molecule has 0 unspecified atom stereocenters. The van der Waals surface area contributed by atoms with Gasteiger partial charge in [0.05, 0.1) is 18.6 Å². The summed E-state index contributed by atoms with van der Waals surface area (Å²) in [7, 11) is -10.9. The first kappa shape index (κ1) is 17.5. The van der Waals surface area contributed by atoms with Gasteiger partial charge in [0.1, 0.15) is 0 Å². The topological polar surface area (TPSA) is 153 Å². The minimum atomic E-state index is -5.44. The van der Waals surface area contributed by atoms with Crippen LogP contribution in [0.15, 0.2) is 12.5 Å². The second-order valence-electron chi connectivity index (χ2n) is 4.50. The van der Waals surface area contributed by atoms with Crippen molar-refractivity contribution in [1.29, 1.82) is 0 Å². The number of hydrogen-bond donors (Lipinski definition) is 5. The fourth-order valence-electron chi connectivity index (χ4n) is 1.58. The van der Waals surface area contributed by atoms with Crippen LogP contribution < -0.4 is 0 Å². The van der Waals surface area contributed by atoms with Gasteiger partial charge in [0.2, 0.25) is 0 Å². The van der Waals surface area contributed by atoms with Crippen LogP contribution in [0.4, 0.5) is 0 Å². The van der Waals surface area contributed by atoms with Crippen molar-refractivity contribution >= 4 is 15.2 Å². The SMILES string of the molecule is CCCCc1cn(CC(O)(P(=O)(O)O)P(=O)(O)O)cn1. The molecule has 0 aromatic carbocycles. The quantitative estimate of drug-likeness (QED) is 0.446. The van der Waals surface area contributed by atoms with Crippen molar-refractivity contribution in [3.63, 3.8) is 0 Å². The van der Waals surface area contributed by atoms with Crippen LogP contribution in [-0.4, -0.2) is 39.3 Å². The highest BCUT2D eigenvalue weighted by Gasteiger charge is 2.59. The predicted molar refractivity (Wildman–Crippen MR) is 69.9 cm³/mol. The van der Waals surface area contributed by atoms with Crippen molar-refractivity contribution in [3.05, 3.63) is 18.2 Å². The van der Waals surface area contributed by atoms with Crippen LogP contribution in [-0.2, 0) is 22.1 Å². The average molecular weight is 328 g/mol. The first-order valence-electron chi connectivity index (χ1n) is 5.85. The Kier molecular flexibility index (Phi) is 5.32. The molecule has 0 spiro atoms. The molecular weight excluding hydrogens is 310 g/mol. The Bertz CT molecular complexity index is 524. The van der Waals surface area contributed by atoms with Crippen molar-refractivity contribution in [2.75, 3.05) is 0 Å². The Morgan fingerprint density at radius 3 is 2.25 bits per heavy atom. The van der Waals surface area contributed by atoms with Gasteiger partial charge in [0, 0.05) is 6.20 Å². The van der Waals surface area contributed by atoms with E-state index < -0.39 is 26.8 Å². The molecule has 0 amide bonds. The molecule has 116 valence electrons. The lowest BCUT2D eigenvalue weighted by Gasteiger charge is -2.29. The van der Waals surface area contributed by atoms with E-state index >= 15 is 0 Å². The predicted octanol–water partition coefficient (Wildman–Crippen LogP) is 0.227. The van der Waals surface area contributed by atoms with E-state index in [9.17, 15) is 14.2 Å². The smallest absolute Gasteiger partial charge is 0.366 e. The standard InChI is InChI=1S/C9H18N2O7P2/c1-2-3-4-8-5-11(7-10-8)6-9(12,19(13,14)15)20(16,17)18/h5,7,12H,2-4,6H2,1H3,(H2,13,14,15)(H2,16,17,18). The maximum atomic E-state index is 11.2. The molecule has 11 heteroatoms. The van der Waals surface area contributed by atoms with Crippen LogP contribution in [0.25, 0.3) is 0 Å². The van der Waals surface area contributed by atoms with Crippen LogP contribution in [0.1, 0.15) is 25.5 Å². The Labute approximate surface area is 115 Å². The Morgan fingerprint density at radius 2 is 1.80 bits per heavy atom. The average Bonchev–Trinajstić information content (AvgIpc) is 2.71. The Morgan fingerprint density at radius 1 is 1.25 bits per heavy atom. The molecule has 1 heterocycles. The summed E-state index contributed by atoms with van der Waals surface area (Å²) < 4.78 is 23.5. The lowest BCUT2D eigenvalue weighted by Crippen LogP contribution is -2.33. The van der Waals surface area contributed by atoms with Crippen molar-refractivity contribution in [3.8, 4) is 0 Å². The molecule has 0 aliphatic carbocycles. The fourth-order valence-corrected chi connectivity index (χ4v) is 3.63. The van der Waals surface area contributed by atoms with Crippen LogP contribution >= 0.6 is 15.2 Å². The van der Waals surface area contributed by atoms with Crippen molar-refractivity contribution < 1.29 is 33.8 Å².